The highest BCUT2D eigenvalue weighted by Gasteiger charge is 2.04. The van der Waals surface area contributed by atoms with Crippen LogP contribution in [0.25, 0.3) is 0 Å². The standard InChI is InChI=1S/C13H12BrNO2/c14-11-5-6-13(15-9-11)17-12-4-2-1-3-10(12)7-8-16/h1-6,9,16H,7-8H2. The first-order valence-electron chi connectivity index (χ1n) is 5.28. The number of hydrogen-bond donors (Lipinski definition) is 1. The molecule has 0 amide bonds. The highest BCUT2D eigenvalue weighted by atomic mass is 79.9. The SMILES string of the molecule is OCCc1ccccc1Oc1ccc(Br)cn1. The van der Waals surface area contributed by atoms with E-state index in [-0.39, 0.29) is 6.61 Å². The van der Waals surface area contributed by atoms with Crippen LogP contribution in [0.15, 0.2) is 47.1 Å². The molecule has 0 bridgehead atoms. The number of halogens is 1. The van der Waals surface area contributed by atoms with E-state index in [9.17, 15) is 0 Å². The lowest BCUT2D eigenvalue weighted by atomic mass is 10.1. The van der Waals surface area contributed by atoms with Crippen LogP contribution in [-0.2, 0) is 6.42 Å². The highest BCUT2D eigenvalue weighted by Crippen LogP contribution is 2.24. The molecule has 88 valence electrons. The molecule has 1 heterocycles. The van der Waals surface area contributed by atoms with E-state index in [1.807, 2.05) is 30.3 Å². The van der Waals surface area contributed by atoms with E-state index in [1.54, 1.807) is 12.3 Å². The summed E-state index contributed by atoms with van der Waals surface area (Å²) in [5, 5.41) is 8.97. The number of benzene rings is 1. The Balaban J connectivity index is 2.20. The Morgan fingerprint density at radius 1 is 1.18 bits per heavy atom. The zero-order valence-corrected chi connectivity index (χ0v) is 10.7. The number of aromatic nitrogens is 1. The number of hydrogen-bond acceptors (Lipinski definition) is 3. The van der Waals surface area contributed by atoms with Crippen molar-refractivity contribution in [3.63, 3.8) is 0 Å². The first kappa shape index (κ1) is 12.1. The fourth-order valence-electron chi connectivity index (χ4n) is 1.47. The molecular weight excluding hydrogens is 282 g/mol. The van der Waals surface area contributed by atoms with Crippen LogP contribution in [0, 0.1) is 0 Å². The summed E-state index contributed by atoms with van der Waals surface area (Å²) < 4.78 is 6.58. The van der Waals surface area contributed by atoms with Crippen molar-refractivity contribution in [1.82, 2.24) is 4.98 Å². The quantitative estimate of drug-likeness (QED) is 0.941. The molecular formula is C13H12BrNO2. The molecule has 2 rings (SSSR count). The lowest BCUT2D eigenvalue weighted by Gasteiger charge is -2.09. The largest absolute Gasteiger partial charge is 0.439 e. The molecule has 0 aliphatic rings. The van der Waals surface area contributed by atoms with Gasteiger partial charge in [-0.05, 0) is 40.0 Å². The summed E-state index contributed by atoms with van der Waals surface area (Å²) in [7, 11) is 0. The molecule has 0 saturated carbocycles. The molecule has 4 heteroatoms. The summed E-state index contributed by atoms with van der Waals surface area (Å²) in [5.74, 6) is 1.27. The fraction of sp³-hybridized carbons (Fsp3) is 0.154. The van der Waals surface area contributed by atoms with Crippen molar-refractivity contribution in [1.29, 1.82) is 0 Å². The molecule has 1 aromatic carbocycles. The molecule has 0 atom stereocenters. The van der Waals surface area contributed by atoms with Crippen LogP contribution < -0.4 is 4.74 Å². The van der Waals surface area contributed by atoms with E-state index in [4.69, 9.17) is 9.84 Å². The van der Waals surface area contributed by atoms with Crippen LogP contribution in [0.5, 0.6) is 11.6 Å². The van der Waals surface area contributed by atoms with Gasteiger partial charge in [0.15, 0.2) is 0 Å². The Morgan fingerprint density at radius 2 is 2.00 bits per heavy atom. The third-order valence-corrected chi connectivity index (χ3v) is 2.74. The maximum atomic E-state index is 8.97. The first-order chi connectivity index (χ1) is 8.29. The van der Waals surface area contributed by atoms with Crippen molar-refractivity contribution < 1.29 is 9.84 Å². The lowest BCUT2D eigenvalue weighted by Crippen LogP contribution is -1.95. The van der Waals surface area contributed by atoms with E-state index in [2.05, 4.69) is 20.9 Å². The molecule has 0 saturated heterocycles. The third kappa shape index (κ3) is 3.28. The van der Waals surface area contributed by atoms with E-state index in [0.717, 1.165) is 15.8 Å². The highest BCUT2D eigenvalue weighted by molar-refractivity contribution is 9.10. The zero-order valence-electron chi connectivity index (χ0n) is 9.14. The monoisotopic (exact) mass is 293 g/mol. The maximum absolute atomic E-state index is 8.97. The molecule has 3 nitrogen and oxygen atoms in total. The molecule has 1 N–H and O–H groups in total. The van der Waals surface area contributed by atoms with Crippen LogP contribution in [0.4, 0.5) is 0 Å². The molecule has 0 aliphatic heterocycles. The average Bonchev–Trinajstić information content (AvgIpc) is 2.35. The molecule has 0 fully saturated rings. The Labute approximate surface area is 108 Å². The number of aliphatic hydroxyl groups excluding tert-OH is 1. The van der Waals surface area contributed by atoms with E-state index in [1.165, 1.54) is 0 Å². The van der Waals surface area contributed by atoms with Gasteiger partial charge >= 0.3 is 0 Å². The Hall–Kier alpha value is -1.39. The minimum atomic E-state index is 0.105. The van der Waals surface area contributed by atoms with Gasteiger partial charge < -0.3 is 9.84 Å². The van der Waals surface area contributed by atoms with Crippen LogP contribution in [0.3, 0.4) is 0 Å². The Morgan fingerprint density at radius 3 is 2.71 bits per heavy atom. The molecule has 17 heavy (non-hydrogen) atoms. The van der Waals surface area contributed by atoms with Gasteiger partial charge in [0.25, 0.3) is 0 Å². The van der Waals surface area contributed by atoms with Gasteiger partial charge in [0.05, 0.1) is 0 Å². The van der Waals surface area contributed by atoms with Crippen LogP contribution in [0.2, 0.25) is 0 Å². The van der Waals surface area contributed by atoms with Gasteiger partial charge in [-0.25, -0.2) is 4.98 Å². The Kier molecular flexibility index (Phi) is 4.12. The third-order valence-electron chi connectivity index (χ3n) is 2.27. The predicted octanol–water partition coefficient (Wildman–Crippen LogP) is 3.17. The average molecular weight is 294 g/mol. The first-order valence-corrected chi connectivity index (χ1v) is 6.07. The minimum Gasteiger partial charge on any atom is -0.439 e. The van der Waals surface area contributed by atoms with Crippen molar-refractivity contribution in [2.75, 3.05) is 6.61 Å². The molecule has 1 aromatic heterocycles. The summed E-state index contributed by atoms with van der Waals surface area (Å²) in [6.45, 7) is 0.105. The van der Waals surface area contributed by atoms with Gasteiger partial charge in [-0.15, -0.1) is 0 Å². The normalized spacial score (nSPS) is 10.2. The fourth-order valence-corrected chi connectivity index (χ4v) is 1.70. The van der Waals surface area contributed by atoms with Gasteiger partial charge in [0, 0.05) is 23.3 Å². The number of aliphatic hydroxyl groups is 1. The summed E-state index contributed by atoms with van der Waals surface area (Å²) >= 11 is 3.32. The van der Waals surface area contributed by atoms with E-state index < -0.39 is 0 Å². The van der Waals surface area contributed by atoms with Crippen molar-refractivity contribution in [3.05, 3.63) is 52.6 Å². The molecule has 2 aromatic rings. The van der Waals surface area contributed by atoms with Crippen LogP contribution in [-0.4, -0.2) is 16.7 Å². The molecule has 0 aliphatic carbocycles. The minimum absolute atomic E-state index is 0.105. The molecule has 0 spiro atoms. The number of rotatable bonds is 4. The van der Waals surface area contributed by atoms with Gasteiger partial charge in [-0.3, -0.25) is 0 Å². The lowest BCUT2D eigenvalue weighted by molar-refractivity contribution is 0.297. The van der Waals surface area contributed by atoms with Gasteiger partial charge in [0.1, 0.15) is 5.75 Å². The summed E-state index contributed by atoms with van der Waals surface area (Å²) in [6.07, 6.45) is 2.26. The van der Waals surface area contributed by atoms with E-state index >= 15 is 0 Å². The smallest absolute Gasteiger partial charge is 0.219 e. The number of nitrogens with zero attached hydrogens (tertiary/aromatic N) is 1. The summed E-state index contributed by atoms with van der Waals surface area (Å²) in [4.78, 5) is 4.14. The summed E-state index contributed by atoms with van der Waals surface area (Å²) in [5.41, 5.74) is 0.972. The number of para-hydroxylation sites is 1. The van der Waals surface area contributed by atoms with Gasteiger partial charge in [-0.2, -0.15) is 0 Å². The summed E-state index contributed by atoms with van der Waals surface area (Å²) in [6, 6.07) is 11.3. The molecule has 0 radical (unpaired) electrons. The second-order valence-corrected chi connectivity index (χ2v) is 4.41. The second kappa shape index (κ2) is 5.80. The van der Waals surface area contributed by atoms with Crippen LogP contribution in [0.1, 0.15) is 5.56 Å². The van der Waals surface area contributed by atoms with Crippen molar-refractivity contribution in [3.8, 4) is 11.6 Å². The van der Waals surface area contributed by atoms with Crippen molar-refractivity contribution in [2.24, 2.45) is 0 Å². The number of pyridine rings is 1. The van der Waals surface area contributed by atoms with Gasteiger partial charge in [-0.1, -0.05) is 18.2 Å². The van der Waals surface area contributed by atoms with E-state index in [0.29, 0.717) is 12.3 Å². The van der Waals surface area contributed by atoms with Crippen LogP contribution >= 0.6 is 15.9 Å². The van der Waals surface area contributed by atoms with Gasteiger partial charge in [0.2, 0.25) is 5.88 Å². The Bertz CT molecular complexity index is 485. The second-order valence-electron chi connectivity index (χ2n) is 3.50. The number of ether oxygens (including phenoxy) is 1. The molecule has 0 unspecified atom stereocenters. The maximum Gasteiger partial charge on any atom is 0.219 e. The van der Waals surface area contributed by atoms with Crippen molar-refractivity contribution in [2.45, 2.75) is 6.42 Å². The topological polar surface area (TPSA) is 42.4 Å². The zero-order chi connectivity index (χ0) is 12.1. The van der Waals surface area contributed by atoms with Crippen molar-refractivity contribution >= 4 is 15.9 Å². The predicted molar refractivity (Wildman–Crippen MR) is 69.2 cm³/mol.